The normalized spacial score (nSPS) is 17.2. The number of nitrogens with zero attached hydrogens (tertiary/aromatic N) is 3. The van der Waals surface area contributed by atoms with E-state index < -0.39 is 0 Å². The Labute approximate surface area is 197 Å². The van der Waals surface area contributed by atoms with Crippen LogP contribution in [-0.2, 0) is 16.1 Å². The molecule has 1 aliphatic heterocycles. The molecule has 1 saturated heterocycles. The third-order valence-electron chi connectivity index (χ3n) is 5.29. The van der Waals surface area contributed by atoms with Gasteiger partial charge < -0.3 is 25.8 Å². The van der Waals surface area contributed by atoms with Crippen molar-refractivity contribution in [2.24, 2.45) is 5.73 Å². The summed E-state index contributed by atoms with van der Waals surface area (Å²) in [4.78, 5) is 19.5. The Balaban J connectivity index is 0.000000569. The first kappa shape index (κ1) is 26.4. The lowest BCUT2D eigenvalue weighted by Gasteiger charge is -2.20. The van der Waals surface area contributed by atoms with Gasteiger partial charge in [-0.3, -0.25) is 9.69 Å². The molecule has 0 spiro atoms. The Hall–Kier alpha value is -2.84. The van der Waals surface area contributed by atoms with E-state index >= 15 is 0 Å². The largest absolute Gasteiger partial charge is 0.485 e. The summed E-state index contributed by atoms with van der Waals surface area (Å²) < 4.78 is 10.8. The number of hydrogen-bond acceptors (Lipinski definition) is 7. The van der Waals surface area contributed by atoms with E-state index in [-0.39, 0.29) is 5.60 Å². The molecule has 182 valence electrons. The number of methoxy groups -OCH3 is 1. The van der Waals surface area contributed by atoms with Gasteiger partial charge in [0, 0.05) is 45.5 Å². The number of ether oxygens (including phenoxy) is 2. The minimum atomic E-state index is 0.0417. The first-order chi connectivity index (χ1) is 15.7. The van der Waals surface area contributed by atoms with Crippen molar-refractivity contribution in [3.8, 4) is 5.75 Å². The summed E-state index contributed by atoms with van der Waals surface area (Å²) in [6.45, 7) is 10.5. The van der Waals surface area contributed by atoms with Crippen molar-refractivity contribution >= 4 is 12.2 Å². The lowest BCUT2D eigenvalue weighted by molar-refractivity contribution is -0.118. The molecular weight excluding hydrogens is 418 g/mol. The highest BCUT2D eigenvalue weighted by Gasteiger charge is 2.15. The molecule has 8 nitrogen and oxygen atoms in total. The molecule has 2 aliphatic rings. The van der Waals surface area contributed by atoms with Crippen LogP contribution in [0.1, 0.15) is 39.3 Å². The highest BCUT2D eigenvalue weighted by Crippen LogP contribution is 2.21. The number of amides is 1. The number of nitrogen functional groups attached to an aromatic ring is 1. The molecule has 1 aromatic rings. The van der Waals surface area contributed by atoms with Crippen LogP contribution in [0.4, 0.5) is 5.82 Å². The molecule has 8 heteroatoms. The average Bonchev–Trinajstić information content (AvgIpc) is 3.13. The van der Waals surface area contributed by atoms with E-state index in [1.165, 1.54) is 0 Å². The summed E-state index contributed by atoms with van der Waals surface area (Å²) in [6, 6.07) is 3.82. The third kappa shape index (κ3) is 10.1. The van der Waals surface area contributed by atoms with E-state index in [1.807, 2.05) is 56.0 Å². The van der Waals surface area contributed by atoms with Gasteiger partial charge >= 0.3 is 0 Å². The number of allylic oxidation sites excluding steroid dienone is 3. The lowest BCUT2D eigenvalue weighted by Crippen LogP contribution is -2.30. The topological polar surface area (TPSA) is 107 Å². The fourth-order valence-corrected chi connectivity index (χ4v) is 3.20. The van der Waals surface area contributed by atoms with Crippen LogP contribution in [0.5, 0.6) is 5.75 Å². The summed E-state index contributed by atoms with van der Waals surface area (Å²) in [5, 5.41) is 0. The maximum atomic E-state index is 10.9. The summed E-state index contributed by atoms with van der Waals surface area (Å²) in [5.41, 5.74) is 14.7. The molecule has 4 N–H and O–H groups in total. The molecule has 0 radical (unpaired) electrons. The van der Waals surface area contributed by atoms with Crippen LogP contribution in [0.15, 0.2) is 47.7 Å². The molecule has 0 bridgehead atoms. The molecular formula is C25H39N5O3. The second-order valence-corrected chi connectivity index (χ2v) is 9.12. The van der Waals surface area contributed by atoms with Gasteiger partial charge in [0.2, 0.25) is 6.41 Å². The minimum Gasteiger partial charge on any atom is -0.485 e. The number of pyridine rings is 1. The van der Waals surface area contributed by atoms with E-state index in [0.29, 0.717) is 24.7 Å². The Morgan fingerprint density at radius 1 is 1.15 bits per heavy atom. The van der Waals surface area contributed by atoms with Gasteiger partial charge in [-0.05, 0) is 63.5 Å². The van der Waals surface area contributed by atoms with Crippen LogP contribution < -0.4 is 16.2 Å². The zero-order valence-corrected chi connectivity index (χ0v) is 20.4. The number of nitrogens with two attached hydrogens (primary N) is 2. The summed E-state index contributed by atoms with van der Waals surface area (Å²) in [5.74, 6) is 0.966. The molecule has 1 fully saturated rings. The van der Waals surface area contributed by atoms with E-state index in [0.717, 1.165) is 62.4 Å². The van der Waals surface area contributed by atoms with E-state index in [1.54, 1.807) is 7.11 Å². The molecule has 0 saturated carbocycles. The number of hydrogen-bond donors (Lipinski definition) is 2. The second kappa shape index (κ2) is 13.0. The first-order valence-electron chi connectivity index (χ1n) is 11.4. The highest BCUT2D eigenvalue weighted by atomic mass is 16.5. The van der Waals surface area contributed by atoms with Crippen LogP contribution in [0.2, 0.25) is 0 Å². The number of carbonyl (C=O) groups is 1. The first-order valence-corrected chi connectivity index (χ1v) is 11.4. The van der Waals surface area contributed by atoms with Crippen LogP contribution in [0, 0.1) is 0 Å². The lowest BCUT2D eigenvalue weighted by atomic mass is 10.2. The maximum absolute atomic E-state index is 10.9. The molecule has 1 aliphatic carbocycles. The zero-order chi connectivity index (χ0) is 24.3. The highest BCUT2D eigenvalue weighted by molar-refractivity contribution is 5.47. The fourth-order valence-electron chi connectivity index (χ4n) is 3.20. The molecule has 2 heterocycles. The van der Waals surface area contributed by atoms with Gasteiger partial charge in [-0.25, -0.2) is 4.98 Å². The van der Waals surface area contributed by atoms with Crippen LogP contribution in [-0.4, -0.2) is 66.7 Å². The van der Waals surface area contributed by atoms with Crippen molar-refractivity contribution in [3.05, 3.63) is 53.4 Å². The summed E-state index contributed by atoms with van der Waals surface area (Å²) in [7, 11) is 1.71. The van der Waals surface area contributed by atoms with Crippen LogP contribution in [0.25, 0.3) is 0 Å². The molecule has 0 unspecified atom stereocenters. The third-order valence-corrected chi connectivity index (χ3v) is 5.29. The zero-order valence-electron chi connectivity index (χ0n) is 20.4. The molecule has 3 rings (SSSR count). The van der Waals surface area contributed by atoms with Crippen molar-refractivity contribution < 1.29 is 14.3 Å². The molecule has 33 heavy (non-hydrogen) atoms. The van der Waals surface area contributed by atoms with E-state index in [2.05, 4.69) is 16.0 Å². The Kier molecular flexibility index (Phi) is 10.4. The van der Waals surface area contributed by atoms with E-state index in [4.69, 9.17) is 20.9 Å². The van der Waals surface area contributed by atoms with Crippen molar-refractivity contribution in [3.63, 3.8) is 0 Å². The minimum absolute atomic E-state index is 0.0417. The Morgan fingerprint density at radius 2 is 1.91 bits per heavy atom. The molecule has 1 aromatic heterocycles. The van der Waals surface area contributed by atoms with Gasteiger partial charge in [0.25, 0.3) is 0 Å². The van der Waals surface area contributed by atoms with E-state index in [9.17, 15) is 4.79 Å². The Bertz CT molecular complexity index is 858. The van der Waals surface area contributed by atoms with Gasteiger partial charge in [-0.2, -0.15) is 0 Å². The predicted molar refractivity (Wildman–Crippen MR) is 133 cm³/mol. The predicted octanol–water partition coefficient (Wildman–Crippen LogP) is 2.87. The SMILES string of the molecule is COC(C)(C)C.NC1=CC(COc2ccc(CN3CCCN(C=O)CC3)nc2N)=CCC=C1. The summed E-state index contributed by atoms with van der Waals surface area (Å²) in [6.07, 6.45) is 10.6. The standard InChI is InChI=1S/C20H27N5O2.C5H12O/c21-17-5-2-1-4-16(12-17)14-27-19-7-6-18(23-20(19)22)13-24-8-3-9-25(15-26)11-10-24;1-5(2,3)6-4/h2,4-7,12,15H,1,3,8-11,13-14,21H2,(H2,22,23);1-4H3. The van der Waals surface area contributed by atoms with Gasteiger partial charge in [-0.15, -0.1) is 0 Å². The fraction of sp³-hybridized carbons (Fsp3) is 0.520. The quantitative estimate of drug-likeness (QED) is 0.633. The van der Waals surface area contributed by atoms with Gasteiger partial charge in [0.1, 0.15) is 6.61 Å². The van der Waals surface area contributed by atoms with Gasteiger partial charge in [0.15, 0.2) is 11.6 Å². The number of anilines is 1. The Morgan fingerprint density at radius 3 is 2.58 bits per heavy atom. The second-order valence-electron chi connectivity index (χ2n) is 9.12. The van der Waals surface area contributed by atoms with Crippen molar-refractivity contribution in [1.29, 1.82) is 0 Å². The molecule has 1 amide bonds. The molecule has 0 atom stereocenters. The smallest absolute Gasteiger partial charge is 0.209 e. The molecule has 0 aromatic carbocycles. The van der Waals surface area contributed by atoms with Gasteiger partial charge in [0.05, 0.1) is 11.3 Å². The number of aromatic nitrogens is 1. The van der Waals surface area contributed by atoms with Crippen LogP contribution in [0.3, 0.4) is 0 Å². The summed E-state index contributed by atoms with van der Waals surface area (Å²) >= 11 is 0. The number of rotatable bonds is 6. The average molecular weight is 458 g/mol. The van der Waals surface area contributed by atoms with Crippen molar-refractivity contribution in [2.75, 3.05) is 45.6 Å². The van der Waals surface area contributed by atoms with Crippen LogP contribution >= 0.6 is 0 Å². The monoisotopic (exact) mass is 457 g/mol. The maximum Gasteiger partial charge on any atom is 0.209 e. The van der Waals surface area contributed by atoms with Crippen molar-refractivity contribution in [2.45, 2.75) is 45.8 Å². The van der Waals surface area contributed by atoms with Crippen molar-refractivity contribution in [1.82, 2.24) is 14.8 Å². The number of carbonyl (C=O) groups excluding carboxylic acids is 1. The van der Waals surface area contributed by atoms with Gasteiger partial charge in [-0.1, -0.05) is 12.2 Å².